The molecule has 0 aliphatic carbocycles. The van der Waals surface area contributed by atoms with Crippen LogP contribution in [0.4, 0.5) is 5.69 Å². The maximum absolute atomic E-state index is 11.1. The Labute approximate surface area is 104 Å². The van der Waals surface area contributed by atoms with E-state index >= 15 is 0 Å². The fourth-order valence-electron chi connectivity index (χ4n) is 1.77. The molecule has 0 amide bonds. The predicted molar refractivity (Wildman–Crippen MR) is 73.6 cm³/mol. The van der Waals surface area contributed by atoms with E-state index in [4.69, 9.17) is 0 Å². The Balaban J connectivity index is 2.39. The molecule has 0 aliphatic rings. The molecule has 0 saturated carbocycles. The number of hydrogen-bond acceptors (Lipinski definition) is 2. The SMILES string of the molecule is CCCCC(C)CNc1ccc(C(C)=O)cc1. The highest BCUT2D eigenvalue weighted by atomic mass is 16.1. The van der Waals surface area contributed by atoms with Gasteiger partial charge >= 0.3 is 0 Å². The summed E-state index contributed by atoms with van der Waals surface area (Å²) in [5, 5.41) is 3.41. The van der Waals surface area contributed by atoms with Crippen molar-refractivity contribution in [3.63, 3.8) is 0 Å². The van der Waals surface area contributed by atoms with Crippen molar-refractivity contribution in [2.75, 3.05) is 11.9 Å². The normalized spacial score (nSPS) is 12.2. The maximum Gasteiger partial charge on any atom is 0.159 e. The minimum absolute atomic E-state index is 0.118. The van der Waals surface area contributed by atoms with E-state index in [0.717, 1.165) is 17.8 Å². The summed E-state index contributed by atoms with van der Waals surface area (Å²) in [5.41, 5.74) is 1.87. The Morgan fingerprint density at radius 1 is 1.29 bits per heavy atom. The fraction of sp³-hybridized carbons (Fsp3) is 0.533. The summed E-state index contributed by atoms with van der Waals surface area (Å²) in [6.45, 7) is 7.09. The minimum atomic E-state index is 0.118. The van der Waals surface area contributed by atoms with Gasteiger partial charge in [-0.15, -0.1) is 0 Å². The van der Waals surface area contributed by atoms with Crippen LogP contribution in [-0.4, -0.2) is 12.3 Å². The molecule has 2 heteroatoms. The van der Waals surface area contributed by atoms with Gasteiger partial charge in [0.2, 0.25) is 0 Å². The highest BCUT2D eigenvalue weighted by Gasteiger charge is 2.02. The molecule has 0 spiro atoms. The van der Waals surface area contributed by atoms with Crippen molar-refractivity contribution in [1.29, 1.82) is 0 Å². The summed E-state index contributed by atoms with van der Waals surface area (Å²) < 4.78 is 0. The first-order valence-electron chi connectivity index (χ1n) is 6.48. The van der Waals surface area contributed by atoms with E-state index < -0.39 is 0 Å². The molecule has 0 bridgehead atoms. The van der Waals surface area contributed by atoms with Gasteiger partial charge in [0, 0.05) is 17.8 Å². The minimum Gasteiger partial charge on any atom is -0.385 e. The third kappa shape index (κ3) is 5.03. The van der Waals surface area contributed by atoms with Crippen molar-refractivity contribution < 1.29 is 4.79 Å². The van der Waals surface area contributed by atoms with Gasteiger partial charge in [0.25, 0.3) is 0 Å². The van der Waals surface area contributed by atoms with Gasteiger partial charge < -0.3 is 5.32 Å². The number of anilines is 1. The second-order valence-corrected chi connectivity index (χ2v) is 4.76. The Bertz CT molecular complexity index is 342. The zero-order valence-corrected chi connectivity index (χ0v) is 11.1. The number of hydrogen-bond donors (Lipinski definition) is 1. The van der Waals surface area contributed by atoms with Crippen LogP contribution in [0.2, 0.25) is 0 Å². The lowest BCUT2D eigenvalue weighted by atomic mass is 10.0. The van der Waals surface area contributed by atoms with Crippen molar-refractivity contribution in [2.45, 2.75) is 40.0 Å². The zero-order chi connectivity index (χ0) is 12.7. The smallest absolute Gasteiger partial charge is 0.159 e. The highest BCUT2D eigenvalue weighted by molar-refractivity contribution is 5.94. The van der Waals surface area contributed by atoms with Gasteiger partial charge in [-0.25, -0.2) is 0 Å². The Hall–Kier alpha value is -1.31. The number of ketones is 1. The molecule has 94 valence electrons. The summed E-state index contributed by atoms with van der Waals surface area (Å²) in [4.78, 5) is 11.1. The second kappa shape index (κ2) is 7.10. The number of Topliss-reactive ketones (excluding diaryl/α,β-unsaturated/α-hetero) is 1. The van der Waals surface area contributed by atoms with Crippen molar-refractivity contribution >= 4 is 11.5 Å². The van der Waals surface area contributed by atoms with E-state index in [-0.39, 0.29) is 5.78 Å². The monoisotopic (exact) mass is 233 g/mol. The van der Waals surface area contributed by atoms with E-state index in [1.807, 2.05) is 24.3 Å². The number of benzene rings is 1. The molecule has 17 heavy (non-hydrogen) atoms. The Morgan fingerprint density at radius 2 is 1.94 bits per heavy atom. The number of carbonyl (C=O) groups excluding carboxylic acids is 1. The quantitative estimate of drug-likeness (QED) is 0.717. The van der Waals surface area contributed by atoms with Crippen LogP contribution in [0.5, 0.6) is 0 Å². The number of carbonyl (C=O) groups is 1. The number of unbranched alkanes of at least 4 members (excludes halogenated alkanes) is 1. The van der Waals surface area contributed by atoms with Gasteiger partial charge in [0.1, 0.15) is 0 Å². The molecule has 1 N–H and O–H groups in total. The fourth-order valence-corrected chi connectivity index (χ4v) is 1.77. The predicted octanol–water partition coefficient (Wildman–Crippen LogP) is 4.13. The molecule has 0 radical (unpaired) electrons. The molecular formula is C15H23NO. The third-order valence-corrected chi connectivity index (χ3v) is 3.00. The molecule has 1 rings (SSSR count). The average molecular weight is 233 g/mol. The summed E-state index contributed by atoms with van der Waals surface area (Å²) >= 11 is 0. The van der Waals surface area contributed by atoms with Gasteiger partial charge in [0.15, 0.2) is 5.78 Å². The van der Waals surface area contributed by atoms with Gasteiger partial charge in [-0.05, 0) is 43.5 Å². The topological polar surface area (TPSA) is 29.1 Å². The van der Waals surface area contributed by atoms with Crippen LogP contribution in [0.3, 0.4) is 0 Å². The van der Waals surface area contributed by atoms with E-state index in [2.05, 4.69) is 19.2 Å². The van der Waals surface area contributed by atoms with Gasteiger partial charge in [-0.2, -0.15) is 0 Å². The van der Waals surface area contributed by atoms with Gasteiger partial charge in [-0.3, -0.25) is 4.79 Å². The molecule has 1 unspecified atom stereocenters. The van der Waals surface area contributed by atoms with Crippen LogP contribution in [-0.2, 0) is 0 Å². The summed E-state index contributed by atoms with van der Waals surface area (Å²) in [6.07, 6.45) is 3.83. The van der Waals surface area contributed by atoms with Crippen LogP contribution in [0, 0.1) is 5.92 Å². The van der Waals surface area contributed by atoms with Crippen LogP contribution < -0.4 is 5.32 Å². The molecule has 0 aliphatic heterocycles. The van der Waals surface area contributed by atoms with Crippen LogP contribution in [0.1, 0.15) is 50.4 Å². The van der Waals surface area contributed by atoms with Crippen LogP contribution >= 0.6 is 0 Å². The first kappa shape index (κ1) is 13.8. The van der Waals surface area contributed by atoms with Crippen molar-refractivity contribution in [1.82, 2.24) is 0 Å². The molecule has 1 aromatic rings. The Morgan fingerprint density at radius 3 is 2.47 bits per heavy atom. The van der Waals surface area contributed by atoms with E-state index in [9.17, 15) is 4.79 Å². The van der Waals surface area contributed by atoms with Crippen LogP contribution in [0.15, 0.2) is 24.3 Å². The second-order valence-electron chi connectivity index (χ2n) is 4.76. The molecule has 2 nitrogen and oxygen atoms in total. The maximum atomic E-state index is 11.1. The molecule has 0 fully saturated rings. The molecular weight excluding hydrogens is 210 g/mol. The number of nitrogens with one attached hydrogen (secondary N) is 1. The first-order chi connectivity index (χ1) is 8.13. The lowest BCUT2D eigenvalue weighted by Crippen LogP contribution is -2.11. The van der Waals surface area contributed by atoms with Gasteiger partial charge in [-0.1, -0.05) is 26.7 Å². The molecule has 0 aromatic heterocycles. The summed E-state index contributed by atoms with van der Waals surface area (Å²) in [5.74, 6) is 0.815. The summed E-state index contributed by atoms with van der Waals surface area (Å²) in [6, 6.07) is 7.70. The number of rotatable bonds is 7. The molecule has 1 atom stereocenters. The largest absolute Gasteiger partial charge is 0.385 e. The molecule has 0 saturated heterocycles. The van der Waals surface area contributed by atoms with Crippen molar-refractivity contribution in [3.05, 3.63) is 29.8 Å². The zero-order valence-electron chi connectivity index (χ0n) is 11.1. The van der Waals surface area contributed by atoms with E-state index in [0.29, 0.717) is 5.92 Å². The molecule has 1 aromatic carbocycles. The van der Waals surface area contributed by atoms with Gasteiger partial charge in [0.05, 0.1) is 0 Å². The lowest BCUT2D eigenvalue weighted by Gasteiger charge is -2.13. The summed E-state index contributed by atoms with van der Waals surface area (Å²) in [7, 11) is 0. The Kier molecular flexibility index (Phi) is 5.75. The third-order valence-electron chi connectivity index (χ3n) is 3.00. The first-order valence-corrected chi connectivity index (χ1v) is 6.48. The highest BCUT2D eigenvalue weighted by Crippen LogP contribution is 2.13. The lowest BCUT2D eigenvalue weighted by molar-refractivity contribution is 0.101. The van der Waals surface area contributed by atoms with E-state index in [1.54, 1.807) is 6.92 Å². The molecule has 0 heterocycles. The average Bonchev–Trinajstić information content (AvgIpc) is 2.34. The van der Waals surface area contributed by atoms with Crippen molar-refractivity contribution in [3.8, 4) is 0 Å². The standard InChI is InChI=1S/C15H23NO/c1-4-5-6-12(2)11-16-15-9-7-14(8-10-15)13(3)17/h7-10,12,16H,4-6,11H2,1-3H3. The van der Waals surface area contributed by atoms with Crippen LogP contribution in [0.25, 0.3) is 0 Å². The van der Waals surface area contributed by atoms with Crippen molar-refractivity contribution in [2.24, 2.45) is 5.92 Å². The van der Waals surface area contributed by atoms with E-state index in [1.165, 1.54) is 19.3 Å².